The molecule has 0 atom stereocenters. The third kappa shape index (κ3) is 5.13. The number of aromatic nitrogens is 3. The molecule has 2 heterocycles. The Morgan fingerprint density at radius 1 is 1.22 bits per heavy atom. The van der Waals surface area contributed by atoms with E-state index in [2.05, 4.69) is 27.5 Å². The first-order valence-corrected chi connectivity index (χ1v) is 8.91. The zero-order chi connectivity index (χ0) is 19.1. The average Bonchev–Trinajstić information content (AvgIpc) is 3.15. The van der Waals surface area contributed by atoms with Crippen LogP contribution < -0.4 is 10.9 Å². The number of benzene rings is 1. The van der Waals surface area contributed by atoms with Crippen molar-refractivity contribution in [1.82, 2.24) is 20.1 Å². The van der Waals surface area contributed by atoms with Crippen LogP contribution in [0.15, 0.2) is 58.3 Å². The van der Waals surface area contributed by atoms with Crippen LogP contribution in [-0.4, -0.2) is 27.2 Å². The lowest BCUT2D eigenvalue weighted by atomic mass is 10.1. The van der Waals surface area contributed by atoms with Gasteiger partial charge in [-0.25, -0.2) is 9.78 Å². The van der Waals surface area contributed by atoms with E-state index in [1.54, 1.807) is 24.0 Å². The van der Waals surface area contributed by atoms with Gasteiger partial charge in [0.25, 0.3) is 5.91 Å². The first-order valence-electron chi connectivity index (χ1n) is 8.91. The summed E-state index contributed by atoms with van der Waals surface area (Å²) < 4.78 is 6.96. The quantitative estimate of drug-likeness (QED) is 0.660. The number of rotatable bonds is 8. The second kappa shape index (κ2) is 8.93. The van der Waals surface area contributed by atoms with Gasteiger partial charge >= 0.3 is 5.63 Å². The Hall–Kier alpha value is -3.22. The highest BCUT2D eigenvalue weighted by Crippen LogP contribution is 2.11. The van der Waals surface area contributed by atoms with Gasteiger partial charge in [0.05, 0.1) is 6.54 Å². The molecular weight excluding hydrogens is 344 g/mol. The summed E-state index contributed by atoms with van der Waals surface area (Å²) in [5, 5.41) is 6.67. The molecule has 0 saturated heterocycles. The second-order valence-electron chi connectivity index (χ2n) is 6.31. The van der Waals surface area contributed by atoms with Crippen molar-refractivity contribution >= 4 is 5.91 Å². The Balaban J connectivity index is 1.57. The first kappa shape index (κ1) is 18.6. The van der Waals surface area contributed by atoms with E-state index in [0.717, 1.165) is 12.8 Å². The molecule has 3 aromatic rings. The number of carbonyl (C=O) groups excluding carboxylic acids is 1. The van der Waals surface area contributed by atoms with Gasteiger partial charge in [-0.1, -0.05) is 30.3 Å². The van der Waals surface area contributed by atoms with Crippen LogP contribution in [0.5, 0.6) is 0 Å². The molecule has 0 fully saturated rings. The minimum atomic E-state index is -0.594. The summed E-state index contributed by atoms with van der Waals surface area (Å²) >= 11 is 0. The average molecular weight is 366 g/mol. The fraction of sp³-hybridized carbons (Fsp3) is 0.300. The summed E-state index contributed by atoms with van der Waals surface area (Å²) in [7, 11) is 0. The molecule has 0 aliphatic heterocycles. The number of nitrogens with zero attached hydrogens (tertiary/aromatic N) is 3. The van der Waals surface area contributed by atoms with Crippen molar-refractivity contribution in [3.63, 3.8) is 0 Å². The molecule has 0 bridgehead atoms. The molecule has 1 N–H and O–H groups in total. The monoisotopic (exact) mass is 366 g/mol. The van der Waals surface area contributed by atoms with E-state index in [1.807, 2.05) is 18.2 Å². The number of carbonyl (C=O) groups is 1. The normalized spacial score (nSPS) is 10.7. The fourth-order valence-corrected chi connectivity index (χ4v) is 2.90. The van der Waals surface area contributed by atoms with E-state index in [4.69, 9.17) is 4.42 Å². The van der Waals surface area contributed by atoms with Crippen molar-refractivity contribution in [3.8, 4) is 0 Å². The Kier molecular flexibility index (Phi) is 6.14. The van der Waals surface area contributed by atoms with E-state index in [9.17, 15) is 9.59 Å². The van der Waals surface area contributed by atoms with Crippen LogP contribution in [-0.2, 0) is 19.4 Å². The zero-order valence-corrected chi connectivity index (χ0v) is 15.2. The van der Waals surface area contributed by atoms with Gasteiger partial charge in [0.1, 0.15) is 24.0 Å². The summed E-state index contributed by atoms with van der Waals surface area (Å²) in [5.41, 5.74) is 1.34. The summed E-state index contributed by atoms with van der Waals surface area (Å²) in [6.07, 6.45) is 5.43. The van der Waals surface area contributed by atoms with Crippen LogP contribution in [0.25, 0.3) is 0 Å². The summed E-state index contributed by atoms with van der Waals surface area (Å²) in [6.45, 7) is 2.58. The lowest BCUT2D eigenvalue weighted by Crippen LogP contribution is -2.32. The van der Waals surface area contributed by atoms with Crippen LogP contribution in [0.1, 0.15) is 33.7 Å². The van der Waals surface area contributed by atoms with Crippen LogP contribution in [0.3, 0.4) is 0 Å². The molecule has 0 unspecified atom stereocenters. The van der Waals surface area contributed by atoms with Crippen molar-refractivity contribution in [2.24, 2.45) is 0 Å². The lowest BCUT2D eigenvalue weighted by molar-refractivity contribution is 0.0947. The van der Waals surface area contributed by atoms with Crippen molar-refractivity contribution in [3.05, 3.63) is 81.9 Å². The van der Waals surface area contributed by atoms with Crippen molar-refractivity contribution in [1.29, 1.82) is 0 Å². The van der Waals surface area contributed by atoms with Crippen LogP contribution in [0.2, 0.25) is 0 Å². The second-order valence-corrected chi connectivity index (χ2v) is 6.31. The highest BCUT2D eigenvalue weighted by molar-refractivity contribution is 5.95. The molecule has 0 saturated carbocycles. The van der Waals surface area contributed by atoms with Gasteiger partial charge in [-0.2, -0.15) is 5.10 Å². The zero-order valence-electron chi connectivity index (χ0n) is 15.2. The Labute approximate surface area is 157 Å². The van der Waals surface area contributed by atoms with Crippen LogP contribution in [0.4, 0.5) is 0 Å². The third-order valence-corrected chi connectivity index (χ3v) is 4.25. The third-order valence-electron chi connectivity index (χ3n) is 4.25. The summed E-state index contributed by atoms with van der Waals surface area (Å²) in [5.74, 6) is 0.171. The van der Waals surface area contributed by atoms with Gasteiger partial charge in [0, 0.05) is 13.0 Å². The van der Waals surface area contributed by atoms with E-state index in [-0.39, 0.29) is 5.56 Å². The SMILES string of the molecule is Cc1cc(CCCc2ccccc2)oc(=O)c1C(=O)NCCn1cncn1. The van der Waals surface area contributed by atoms with Gasteiger partial charge in [0.2, 0.25) is 0 Å². The van der Waals surface area contributed by atoms with E-state index in [0.29, 0.717) is 30.8 Å². The molecule has 0 spiro atoms. The van der Waals surface area contributed by atoms with Gasteiger partial charge < -0.3 is 9.73 Å². The maximum atomic E-state index is 12.3. The molecule has 0 aliphatic carbocycles. The van der Waals surface area contributed by atoms with E-state index in [1.165, 1.54) is 11.9 Å². The number of nitrogens with one attached hydrogen (secondary N) is 1. The van der Waals surface area contributed by atoms with Crippen LogP contribution in [0, 0.1) is 6.92 Å². The molecule has 7 nitrogen and oxygen atoms in total. The molecule has 7 heteroatoms. The predicted molar refractivity (Wildman–Crippen MR) is 101 cm³/mol. The molecule has 1 amide bonds. The molecule has 3 rings (SSSR count). The molecule has 140 valence electrons. The van der Waals surface area contributed by atoms with E-state index >= 15 is 0 Å². The highest BCUT2D eigenvalue weighted by Gasteiger charge is 2.16. The maximum Gasteiger partial charge on any atom is 0.349 e. The number of hydrogen-bond acceptors (Lipinski definition) is 5. The van der Waals surface area contributed by atoms with Crippen molar-refractivity contribution < 1.29 is 9.21 Å². The Morgan fingerprint density at radius 3 is 2.74 bits per heavy atom. The van der Waals surface area contributed by atoms with E-state index < -0.39 is 11.5 Å². The van der Waals surface area contributed by atoms with Crippen molar-refractivity contribution in [2.75, 3.05) is 6.54 Å². The van der Waals surface area contributed by atoms with Gasteiger partial charge in [-0.3, -0.25) is 9.48 Å². The first-order chi connectivity index (χ1) is 13.1. The predicted octanol–water partition coefficient (Wildman–Crippen LogP) is 2.15. The smallest absolute Gasteiger partial charge is 0.349 e. The number of hydrogen-bond donors (Lipinski definition) is 1. The molecule has 0 radical (unpaired) electrons. The van der Waals surface area contributed by atoms with Gasteiger partial charge in [-0.05, 0) is 37.0 Å². The lowest BCUT2D eigenvalue weighted by Gasteiger charge is -2.08. The Bertz CT molecular complexity index is 934. The number of aryl methyl sites for hydroxylation is 3. The Morgan fingerprint density at radius 2 is 2.04 bits per heavy atom. The van der Waals surface area contributed by atoms with Crippen LogP contribution >= 0.6 is 0 Å². The largest absolute Gasteiger partial charge is 0.427 e. The maximum absolute atomic E-state index is 12.3. The molecule has 0 aliphatic rings. The minimum absolute atomic E-state index is 0.0559. The molecule has 2 aromatic heterocycles. The fourth-order valence-electron chi connectivity index (χ4n) is 2.90. The molecule has 27 heavy (non-hydrogen) atoms. The highest BCUT2D eigenvalue weighted by atomic mass is 16.4. The minimum Gasteiger partial charge on any atom is -0.427 e. The number of amides is 1. The molecule has 1 aromatic carbocycles. The molecular formula is C20H22N4O3. The standard InChI is InChI=1S/C20H22N4O3/c1-15-12-17(9-5-8-16-6-3-2-4-7-16)27-20(26)18(15)19(25)22-10-11-24-14-21-13-23-24/h2-4,6-7,12-14H,5,8-11H2,1H3,(H,22,25). The van der Waals surface area contributed by atoms with Crippen molar-refractivity contribution in [2.45, 2.75) is 32.7 Å². The summed E-state index contributed by atoms with van der Waals surface area (Å²) in [6, 6.07) is 11.9. The van der Waals surface area contributed by atoms with Gasteiger partial charge in [-0.15, -0.1) is 0 Å². The van der Waals surface area contributed by atoms with Gasteiger partial charge in [0.15, 0.2) is 0 Å². The summed E-state index contributed by atoms with van der Waals surface area (Å²) in [4.78, 5) is 28.4. The topological polar surface area (TPSA) is 90.0 Å².